The van der Waals surface area contributed by atoms with E-state index in [1.165, 1.54) is 23.1 Å². The number of hydrogen-bond acceptors (Lipinski definition) is 4. The fourth-order valence-corrected chi connectivity index (χ4v) is 3.25. The second-order valence-corrected chi connectivity index (χ2v) is 6.24. The van der Waals surface area contributed by atoms with Gasteiger partial charge in [0, 0.05) is 12.1 Å². The van der Waals surface area contributed by atoms with E-state index < -0.39 is 0 Å². The second-order valence-electron chi connectivity index (χ2n) is 6.24. The number of fused-ring (bicyclic) bond motifs is 1. The summed E-state index contributed by atoms with van der Waals surface area (Å²) in [5.74, 6) is 0.193. The maximum atomic E-state index is 13.0. The molecule has 1 aliphatic heterocycles. The molecule has 0 saturated carbocycles. The molecule has 0 fully saturated rings. The van der Waals surface area contributed by atoms with E-state index in [0.717, 1.165) is 12.2 Å². The van der Waals surface area contributed by atoms with Gasteiger partial charge in [0.1, 0.15) is 11.6 Å². The van der Waals surface area contributed by atoms with Crippen LogP contribution in [-0.2, 0) is 0 Å². The van der Waals surface area contributed by atoms with Crippen LogP contribution in [0.2, 0.25) is 0 Å². The molecule has 0 saturated heterocycles. The van der Waals surface area contributed by atoms with Gasteiger partial charge in [-0.3, -0.25) is 9.69 Å². The third-order valence-corrected chi connectivity index (χ3v) is 4.42. The zero-order chi connectivity index (χ0) is 17.6. The molecule has 4 rings (SSSR count). The number of rotatable bonds is 2. The van der Waals surface area contributed by atoms with E-state index in [1.807, 2.05) is 17.7 Å². The third-order valence-electron chi connectivity index (χ3n) is 4.42. The maximum Gasteiger partial charge on any atom is 0.281 e. The van der Waals surface area contributed by atoms with Crippen molar-refractivity contribution >= 4 is 11.7 Å². The minimum Gasteiger partial charge on any atom is -0.289 e. The highest BCUT2D eigenvalue weighted by atomic mass is 19.1. The monoisotopic (exact) mass is 340 g/mol. The summed E-state index contributed by atoms with van der Waals surface area (Å²) in [7, 11) is 0. The summed E-state index contributed by atoms with van der Waals surface area (Å²) in [5, 5.41) is 12.7. The Morgan fingerprint density at radius 1 is 1.12 bits per heavy atom. The molecule has 3 aromatic rings. The Balaban J connectivity index is 1.66. The van der Waals surface area contributed by atoms with Gasteiger partial charge < -0.3 is 0 Å². The van der Waals surface area contributed by atoms with E-state index in [9.17, 15) is 9.18 Å². The Kier molecular flexibility index (Phi) is 3.60. The molecule has 1 aromatic carbocycles. The number of carbonyl (C=O) groups excluding carboxylic acids is 1. The van der Waals surface area contributed by atoms with Gasteiger partial charge in [0.2, 0.25) is 0 Å². The van der Waals surface area contributed by atoms with Gasteiger partial charge in [0.25, 0.3) is 5.91 Å². The largest absolute Gasteiger partial charge is 0.289 e. The van der Waals surface area contributed by atoms with Crippen LogP contribution >= 0.6 is 0 Å². The molecular weight excluding hydrogens is 323 g/mol. The van der Waals surface area contributed by atoms with Crippen LogP contribution in [0.3, 0.4) is 0 Å². The van der Waals surface area contributed by atoms with Gasteiger partial charge in [0.05, 0.1) is 24.1 Å². The predicted octanol–water partition coefficient (Wildman–Crippen LogP) is 2.60. The summed E-state index contributed by atoms with van der Waals surface area (Å²) in [6, 6.07) is 7.86. The molecule has 8 heteroatoms. The molecule has 0 spiro atoms. The highest BCUT2D eigenvalue weighted by Crippen LogP contribution is 2.32. The van der Waals surface area contributed by atoms with E-state index in [2.05, 4.69) is 22.2 Å². The quantitative estimate of drug-likeness (QED) is 0.719. The van der Waals surface area contributed by atoms with E-state index in [0.29, 0.717) is 5.69 Å². The standard InChI is InChI=1S/C17H17FN6O/c1-11-9-12(2)23-16(7-8-19-23)22(11)17(25)15-10-20-24(21-15)14-5-3-13(18)4-6-14/h3-8,10-12H,9H2,1-2H3. The summed E-state index contributed by atoms with van der Waals surface area (Å²) in [6.07, 6.45) is 3.93. The average Bonchev–Trinajstić information content (AvgIpc) is 3.25. The lowest BCUT2D eigenvalue weighted by atomic mass is 10.1. The van der Waals surface area contributed by atoms with Crippen molar-refractivity contribution in [2.45, 2.75) is 32.4 Å². The third kappa shape index (κ3) is 2.59. The second kappa shape index (κ2) is 5.80. The van der Waals surface area contributed by atoms with Gasteiger partial charge in [-0.25, -0.2) is 9.07 Å². The first-order valence-corrected chi connectivity index (χ1v) is 8.10. The minimum absolute atomic E-state index is 0.0303. The van der Waals surface area contributed by atoms with Crippen LogP contribution in [0.5, 0.6) is 0 Å². The minimum atomic E-state index is -0.336. The highest BCUT2D eigenvalue weighted by Gasteiger charge is 2.34. The molecule has 3 heterocycles. The molecule has 1 aliphatic rings. The Bertz CT molecular complexity index is 915. The summed E-state index contributed by atoms with van der Waals surface area (Å²) in [5.41, 5.74) is 0.823. The lowest BCUT2D eigenvalue weighted by Crippen LogP contribution is -2.45. The number of hydrogen-bond donors (Lipinski definition) is 0. The average molecular weight is 340 g/mol. The molecule has 7 nitrogen and oxygen atoms in total. The molecule has 25 heavy (non-hydrogen) atoms. The van der Waals surface area contributed by atoms with Gasteiger partial charge >= 0.3 is 0 Å². The number of benzene rings is 1. The molecule has 1 amide bonds. The van der Waals surface area contributed by atoms with Crippen molar-refractivity contribution in [2.24, 2.45) is 0 Å². The van der Waals surface area contributed by atoms with Crippen LogP contribution in [0, 0.1) is 5.82 Å². The molecule has 2 unspecified atom stereocenters. The van der Waals surface area contributed by atoms with Crippen LogP contribution in [0.15, 0.2) is 42.7 Å². The summed E-state index contributed by atoms with van der Waals surface area (Å²) in [6.45, 7) is 4.09. The van der Waals surface area contributed by atoms with Crippen molar-refractivity contribution in [3.8, 4) is 5.69 Å². The molecule has 0 N–H and O–H groups in total. The van der Waals surface area contributed by atoms with Gasteiger partial charge in [-0.1, -0.05) is 0 Å². The van der Waals surface area contributed by atoms with Gasteiger partial charge in [-0.15, -0.1) is 5.10 Å². The van der Waals surface area contributed by atoms with Gasteiger partial charge in [0.15, 0.2) is 5.69 Å². The van der Waals surface area contributed by atoms with Crippen LogP contribution in [-0.4, -0.2) is 36.7 Å². The summed E-state index contributed by atoms with van der Waals surface area (Å²) >= 11 is 0. The van der Waals surface area contributed by atoms with Crippen molar-refractivity contribution < 1.29 is 9.18 Å². The molecule has 2 aromatic heterocycles. The van der Waals surface area contributed by atoms with Crippen molar-refractivity contribution in [1.82, 2.24) is 24.8 Å². The van der Waals surface area contributed by atoms with E-state index in [1.54, 1.807) is 23.2 Å². The number of carbonyl (C=O) groups is 1. The fourth-order valence-electron chi connectivity index (χ4n) is 3.25. The first-order valence-electron chi connectivity index (χ1n) is 8.10. The topological polar surface area (TPSA) is 68.8 Å². The zero-order valence-corrected chi connectivity index (χ0v) is 13.9. The molecule has 0 radical (unpaired) electrons. The lowest BCUT2D eigenvalue weighted by Gasteiger charge is -2.36. The van der Waals surface area contributed by atoms with Crippen molar-refractivity contribution in [3.05, 3.63) is 54.2 Å². The van der Waals surface area contributed by atoms with E-state index in [-0.39, 0.29) is 29.5 Å². The smallest absolute Gasteiger partial charge is 0.281 e. The van der Waals surface area contributed by atoms with Crippen LogP contribution in [0.4, 0.5) is 10.2 Å². The summed E-state index contributed by atoms with van der Waals surface area (Å²) < 4.78 is 14.9. The molecular formula is C17H17FN6O. The fraction of sp³-hybridized carbons (Fsp3) is 0.294. The number of aromatic nitrogens is 5. The van der Waals surface area contributed by atoms with E-state index >= 15 is 0 Å². The summed E-state index contributed by atoms with van der Waals surface area (Å²) in [4.78, 5) is 16.0. The first kappa shape index (κ1) is 15.5. The van der Waals surface area contributed by atoms with Crippen molar-refractivity contribution in [3.63, 3.8) is 0 Å². The Morgan fingerprint density at radius 3 is 2.64 bits per heavy atom. The SMILES string of the molecule is CC1CC(C)n2nccc2N1C(=O)c1cnn(-c2ccc(F)cc2)n1. The maximum absolute atomic E-state index is 13.0. The van der Waals surface area contributed by atoms with Gasteiger partial charge in [-0.2, -0.15) is 15.0 Å². The van der Waals surface area contributed by atoms with Crippen LogP contribution < -0.4 is 4.90 Å². The number of nitrogens with zero attached hydrogens (tertiary/aromatic N) is 6. The molecule has 0 bridgehead atoms. The predicted molar refractivity (Wildman–Crippen MR) is 89.1 cm³/mol. The highest BCUT2D eigenvalue weighted by molar-refractivity contribution is 6.04. The van der Waals surface area contributed by atoms with Crippen molar-refractivity contribution in [1.29, 1.82) is 0 Å². The number of halogens is 1. The Morgan fingerprint density at radius 2 is 1.88 bits per heavy atom. The molecule has 2 atom stereocenters. The first-order chi connectivity index (χ1) is 12.0. The van der Waals surface area contributed by atoms with Gasteiger partial charge in [-0.05, 0) is 44.5 Å². The van der Waals surface area contributed by atoms with E-state index in [4.69, 9.17) is 0 Å². The lowest BCUT2D eigenvalue weighted by molar-refractivity contribution is 0.0961. The van der Waals surface area contributed by atoms with Crippen LogP contribution in [0.25, 0.3) is 5.69 Å². The number of amides is 1. The molecule has 0 aliphatic carbocycles. The Hall–Kier alpha value is -3.03. The Labute approximate surface area is 143 Å². The van der Waals surface area contributed by atoms with Crippen LogP contribution in [0.1, 0.15) is 36.8 Å². The van der Waals surface area contributed by atoms with Crippen molar-refractivity contribution in [2.75, 3.05) is 4.90 Å². The molecule has 128 valence electrons. The zero-order valence-electron chi connectivity index (χ0n) is 13.9. The normalized spacial score (nSPS) is 19.7. The number of anilines is 1.